The molecule has 0 atom stereocenters. The van der Waals surface area contributed by atoms with Crippen molar-refractivity contribution in [3.05, 3.63) is 83.3 Å². The Morgan fingerprint density at radius 2 is 1.89 bits per heavy atom. The monoisotopic (exact) mass is 461 g/mol. The molecular weight excluding hydrogens is 434 g/mol. The quantitative estimate of drug-likeness (QED) is 0.415. The summed E-state index contributed by atoms with van der Waals surface area (Å²) < 4.78 is 1.76. The van der Waals surface area contributed by atoms with Crippen LogP contribution in [0.3, 0.4) is 0 Å². The largest absolute Gasteiger partial charge is 0.338 e. The van der Waals surface area contributed by atoms with Crippen molar-refractivity contribution < 1.29 is 0 Å². The molecule has 6 rings (SSSR count). The van der Waals surface area contributed by atoms with E-state index in [1.807, 2.05) is 12.1 Å². The summed E-state index contributed by atoms with van der Waals surface area (Å²) in [6.07, 6.45) is 3.50. The Labute approximate surface area is 204 Å². The lowest BCUT2D eigenvalue weighted by molar-refractivity contribution is 0.148. The van der Waals surface area contributed by atoms with E-state index in [1.165, 1.54) is 5.56 Å². The van der Waals surface area contributed by atoms with Gasteiger partial charge in [-0.2, -0.15) is 5.10 Å². The van der Waals surface area contributed by atoms with Gasteiger partial charge >= 0.3 is 0 Å². The Balaban J connectivity index is 1.27. The van der Waals surface area contributed by atoms with Gasteiger partial charge in [-0.25, -0.2) is 14.5 Å². The molecule has 4 heterocycles. The third-order valence-corrected chi connectivity index (χ3v) is 6.66. The topological polar surface area (TPSA) is 65.4 Å². The standard InChI is InChI=1S/C28H27N7/c1-20-5-7-23(17-22(20)8-9-24-18-29-27-4-3-11-30-35(24)27)28-31-25-10-6-21(16-26(25)32-28)19-34-14-12-33(2)13-15-34/h3-7,10-11,16-18H,12-15,19H2,1-2H3,(H,31,32). The highest BCUT2D eigenvalue weighted by Gasteiger charge is 2.15. The lowest BCUT2D eigenvalue weighted by Crippen LogP contribution is -2.43. The molecule has 0 unspecified atom stereocenters. The van der Waals surface area contributed by atoms with Gasteiger partial charge in [0.15, 0.2) is 5.65 Å². The smallest absolute Gasteiger partial charge is 0.154 e. The minimum Gasteiger partial charge on any atom is -0.338 e. The number of likely N-dealkylation sites (N-methyl/N-ethyl adjacent to an activating group) is 1. The number of rotatable bonds is 3. The van der Waals surface area contributed by atoms with Crippen LogP contribution >= 0.6 is 0 Å². The van der Waals surface area contributed by atoms with E-state index in [9.17, 15) is 0 Å². The number of hydrogen-bond donors (Lipinski definition) is 1. The summed E-state index contributed by atoms with van der Waals surface area (Å²) in [5.74, 6) is 7.39. The molecule has 1 fully saturated rings. The second kappa shape index (κ2) is 8.99. The van der Waals surface area contributed by atoms with E-state index in [1.54, 1.807) is 16.9 Å². The number of benzene rings is 2. The molecule has 0 spiro atoms. The first-order valence-electron chi connectivity index (χ1n) is 11.9. The number of hydrogen-bond acceptors (Lipinski definition) is 5. The average molecular weight is 462 g/mol. The van der Waals surface area contributed by atoms with E-state index in [0.29, 0.717) is 0 Å². The molecule has 2 aromatic carbocycles. The van der Waals surface area contributed by atoms with Crippen molar-refractivity contribution in [1.82, 2.24) is 34.4 Å². The van der Waals surface area contributed by atoms with Crippen molar-refractivity contribution in [3.63, 3.8) is 0 Å². The molecule has 174 valence electrons. The van der Waals surface area contributed by atoms with Gasteiger partial charge in [0.2, 0.25) is 0 Å². The van der Waals surface area contributed by atoms with Crippen LogP contribution in [-0.2, 0) is 6.54 Å². The van der Waals surface area contributed by atoms with Crippen LogP contribution in [0.15, 0.2) is 60.9 Å². The minimum absolute atomic E-state index is 0.766. The fourth-order valence-electron chi connectivity index (χ4n) is 4.51. The average Bonchev–Trinajstić information content (AvgIpc) is 3.49. The number of aromatic nitrogens is 5. The van der Waals surface area contributed by atoms with Crippen LogP contribution in [0.2, 0.25) is 0 Å². The summed E-state index contributed by atoms with van der Waals surface area (Å²) >= 11 is 0. The summed E-state index contributed by atoms with van der Waals surface area (Å²) in [4.78, 5) is 17.7. The van der Waals surface area contributed by atoms with E-state index in [4.69, 9.17) is 4.98 Å². The fourth-order valence-corrected chi connectivity index (χ4v) is 4.51. The van der Waals surface area contributed by atoms with E-state index in [-0.39, 0.29) is 0 Å². The minimum atomic E-state index is 0.766. The highest BCUT2D eigenvalue weighted by Crippen LogP contribution is 2.24. The van der Waals surface area contributed by atoms with Gasteiger partial charge in [-0.1, -0.05) is 24.1 Å². The van der Waals surface area contributed by atoms with E-state index in [0.717, 1.165) is 77.6 Å². The van der Waals surface area contributed by atoms with Gasteiger partial charge in [0.25, 0.3) is 0 Å². The maximum Gasteiger partial charge on any atom is 0.154 e. The summed E-state index contributed by atoms with van der Waals surface area (Å²) in [5, 5.41) is 4.34. The maximum atomic E-state index is 4.85. The van der Waals surface area contributed by atoms with Crippen molar-refractivity contribution in [2.75, 3.05) is 33.2 Å². The molecule has 7 nitrogen and oxygen atoms in total. The predicted molar refractivity (Wildman–Crippen MR) is 138 cm³/mol. The summed E-state index contributed by atoms with van der Waals surface area (Å²) in [6, 6.07) is 16.6. The number of aromatic amines is 1. The molecule has 7 heteroatoms. The molecule has 0 saturated carbocycles. The molecular formula is C28H27N7. The van der Waals surface area contributed by atoms with E-state index >= 15 is 0 Å². The van der Waals surface area contributed by atoms with Crippen molar-refractivity contribution in [2.45, 2.75) is 13.5 Å². The molecule has 0 radical (unpaired) electrons. The third-order valence-electron chi connectivity index (χ3n) is 6.66. The number of H-pyrrole nitrogens is 1. The molecule has 0 aliphatic carbocycles. The van der Waals surface area contributed by atoms with Crippen LogP contribution in [0.4, 0.5) is 0 Å². The Morgan fingerprint density at radius 3 is 2.77 bits per heavy atom. The van der Waals surface area contributed by atoms with E-state index in [2.05, 4.69) is 87.1 Å². The van der Waals surface area contributed by atoms with Crippen molar-refractivity contribution in [3.8, 4) is 23.2 Å². The number of aryl methyl sites for hydroxylation is 1. The zero-order valence-electron chi connectivity index (χ0n) is 20.0. The molecule has 0 bridgehead atoms. The number of nitrogens with zero attached hydrogens (tertiary/aromatic N) is 6. The molecule has 1 aliphatic rings. The molecule has 0 amide bonds. The first-order valence-corrected chi connectivity index (χ1v) is 11.9. The van der Waals surface area contributed by atoms with Gasteiger partial charge in [0, 0.05) is 50.0 Å². The van der Waals surface area contributed by atoms with Crippen LogP contribution in [0.25, 0.3) is 28.1 Å². The Hall–Kier alpha value is -3.99. The summed E-state index contributed by atoms with van der Waals surface area (Å²) in [5.41, 5.74) is 8.02. The third kappa shape index (κ3) is 4.42. The first kappa shape index (κ1) is 21.5. The number of fused-ring (bicyclic) bond motifs is 2. The van der Waals surface area contributed by atoms with Crippen LogP contribution in [-0.4, -0.2) is 67.6 Å². The summed E-state index contributed by atoms with van der Waals surface area (Å²) in [6.45, 7) is 7.53. The molecule has 5 aromatic rings. The van der Waals surface area contributed by atoms with Gasteiger partial charge in [0.05, 0.1) is 17.2 Å². The zero-order valence-corrected chi connectivity index (χ0v) is 20.0. The highest BCUT2D eigenvalue weighted by molar-refractivity contribution is 5.80. The number of nitrogens with one attached hydrogen (secondary N) is 1. The van der Waals surface area contributed by atoms with Crippen LogP contribution < -0.4 is 0 Å². The normalized spacial score (nSPS) is 14.9. The van der Waals surface area contributed by atoms with Gasteiger partial charge in [0.1, 0.15) is 11.5 Å². The lowest BCUT2D eigenvalue weighted by atomic mass is 10.0. The molecule has 3 aromatic heterocycles. The Kier molecular flexibility index (Phi) is 5.53. The molecule has 1 saturated heterocycles. The lowest BCUT2D eigenvalue weighted by Gasteiger charge is -2.32. The maximum absolute atomic E-state index is 4.85. The van der Waals surface area contributed by atoms with Crippen molar-refractivity contribution >= 4 is 16.7 Å². The Bertz CT molecular complexity index is 1580. The van der Waals surface area contributed by atoms with Gasteiger partial charge in [-0.05, 0) is 61.4 Å². The Morgan fingerprint density at radius 1 is 1.00 bits per heavy atom. The van der Waals surface area contributed by atoms with Crippen LogP contribution in [0.5, 0.6) is 0 Å². The van der Waals surface area contributed by atoms with Crippen molar-refractivity contribution in [2.24, 2.45) is 0 Å². The van der Waals surface area contributed by atoms with Gasteiger partial charge < -0.3 is 9.88 Å². The summed E-state index contributed by atoms with van der Waals surface area (Å²) in [7, 11) is 2.19. The van der Waals surface area contributed by atoms with Gasteiger partial charge in [-0.15, -0.1) is 0 Å². The highest BCUT2D eigenvalue weighted by atomic mass is 15.3. The second-order valence-electron chi connectivity index (χ2n) is 9.23. The predicted octanol–water partition coefficient (Wildman–Crippen LogP) is 3.73. The van der Waals surface area contributed by atoms with Gasteiger partial charge in [-0.3, -0.25) is 4.90 Å². The van der Waals surface area contributed by atoms with Crippen LogP contribution in [0.1, 0.15) is 22.4 Å². The second-order valence-corrected chi connectivity index (χ2v) is 9.23. The fraction of sp³-hybridized carbons (Fsp3) is 0.250. The molecule has 35 heavy (non-hydrogen) atoms. The first-order chi connectivity index (χ1) is 17.1. The zero-order chi connectivity index (χ0) is 23.8. The number of imidazole rings is 2. The molecule has 1 N–H and O–H groups in total. The number of piperazine rings is 1. The molecule has 1 aliphatic heterocycles. The SMILES string of the molecule is Cc1ccc(-c2nc3ccc(CN4CCN(C)CC4)cc3[nH]2)cc1C#Cc1cnc2cccnn12. The van der Waals surface area contributed by atoms with E-state index < -0.39 is 0 Å². The van der Waals surface area contributed by atoms with Crippen molar-refractivity contribution in [1.29, 1.82) is 0 Å². The van der Waals surface area contributed by atoms with Crippen LogP contribution in [0, 0.1) is 18.8 Å².